The monoisotopic (exact) mass is 912 g/mol. The van der Waals surface area contributed by atoms with E-state index in [1.807, 2.05) is 0 Å². The Kier molecular flexibility index (Phi) is 7.30. The van der Waals surface area contributed by atoms with Gasteiger partial charge in [-0.1, -0.05) is 167 Å². The molecule has 72 heavy (non-hydrogen) atoms. The molecule has 17 aromatic rings. The molecular formula is C72H48. The maximum Gasteiger partial charge on any atom is -0.000784 e. The van der Waals surface area contributed by atoms with Gasteiger partial charge in [-0.05, 0) is 251 Å². The molecule has 0 heterocycles. The molecule has 0 saturated carbocycles. The number of rotatable bonds is 4. The Hall–Kier alpha value is -8.32. The maximum absolute atomic E-state index is 2.55. The molecule has 17 rings (SSSR count). The lowest BCUT2D eigenvalue weighted by atomic mass is 9.84. The van der Waals surface area contributed by atoms with E-state index in [9.17, 15) is 0 Å². The molecule has 336 valence electrons. The van der Waals surface area contributed by atoms with Gasteiger partial charge in [-0.15, -0.1) is 0 Å². The molecule has 0 aromatic heterocycles. The summed E-state index contributed by atoms with van der Waals surface area (Å²) >= 11 is 0. The number of hydrogen-bond donors (Lipinski definition) is 0. The van der Waals surface area contributed by atoms with Crippen LogP contribution in [0.15, 0.2) is 170 Å². The minimum atomic E-state index is 0.418. The third-order valence-corrected chi connectivity index (χ3v) is 18.0. The van der Waals surface area contributed by atoms with Gasteiger partial charge in [0.2, 0.25) is 0 Å². The smallest absolute Gasteiger partial charge is 0.000784 e. The van der Waals surface area contributed by atoms with Crippen LogP contribution in [0.5, 0.6) is 0 Å². The number of aryl methyl sites for hydroxylation is 2. The van der Waals surface area contributed by atoms with Crippen LogP contribution < -0.4 is 0 Å². The molecule has 17 aromatic carbocycles. The lowest BCUT2D eigenvalue weighted by Gasteiger charge is -2.20. The quantitative estimate of drug-likeness (QED) is 0.122. The molecule has 0 aliphatic carbocycles. The van der Waals surface area contributed by atoms with Gasteiger partial charge >= 0.3 is 0 Å². The molecule has 0 fully saturated rings. The average molecular weight is 913 g/mol. The van der Waals surface area contributed by atoms with Crippen LogP contribution in [0.1, 0.15) is 61.8 Å². The van der Waals surface area contributed by atoms with Gasteiger partial charge in [0.25, 0.3) is 0 Å². The fourth-order valence-electron chi connectivity index (χ4n) is 15.1. The first-order chi connectivity index (χ1) is 35.2. The molecule has 0 radical (unpaired) electrons. The van der Waals surface area contributed by atoms with Crippen molar-refractivity contribution in [3.05, 3.63) is 192 Å². The van der Waals surface area contributed by atoms with Gasteiger partial charge in [-0.3, -0.25) is 0 Å². The van der Waals surface area contributed by atoms with Crippen LogP contribution in [-0.4, -0.2) is 0 Å². The van der Waals surface area contributed by atoms with Crippen LogP contribution in [0.3, 0.4) is 0 Å². The second kappa shape index (κ2) is 13.3. The minimum absolute atomic E-state index is 0.418. The third kappa shape index (κ3) is 4.62. The van der Waals surface area contributed by atoms with Gasteiger partial charge < -0.3 is 0 Å². The lowest BCUT2D eigenvalue weighted by Crippen LogP contribution is -1.99. The Balaban J connectivity index is 0.935. The van der Waals surface area contributed by atoms with Gasteiger partial charge in [0.1, 0.15) is 0 Å². The molecule has 0 amide bonds. The molecular weight excluding hydrogens is 865 g/mol. The van der Waals surface area contributed by atoms with Gasteiger partial charge in [-0.25, -0.2) is 0 Å². The zero-order valence-electron chi connectivity index (χ0n) is 41.3. The summed E-state index contributed by atoms with van der Waals surface area (Å²) in [5.74, 6) is 0.835. The first kappa shape index (κ1) is 39.4. The van der Waals surface area contributed by atoms with E-state index in [0.717, 1.165) is 0 Å². The highest BCUT2D eigenvalue weighted by molar-refractivity contribution is 6.50. The van der Waals surface area contributed by atoms with Gasteiger partial charge in [0.15, 0.2) is 0 Å². The molecule has 0 unspecified atom stereocenters. The van der Waals surface area contributed by atoms with Crippen LogP contribution in [0, 0.1) is 13.8 Å². The van der Waals surface area contributed by atoms with E-state index >= 15 is 0 Å². The van der Waals surface area contributed by atoms with Crippen molar-refractivity contribution in [2.75, 3.05) is 0 Å². The predicted molar refractivity (Wildman–Crippen MR) is 316 cm³/mol. The van der Waals surface area contributed by atoms with Crippen molar-refractivity contribution < 1.29 is 0 Å². The molecule has 0 saturated heterocycles. The Morgan fingerprint density at radius 2 is 0.653 bits per heavy atom. The van der Waals surface area contributed by atoms with Gasteiger partial charge in [0.05, 0.1) is 0 Å². The van der Waals surface area contributed by atoms with Gasteiger partial charge in [0, 0.05) is 0 Å². The van der Waals surface area contributed by atoms with Crippen LogP contribution in [0.4, 0.5) is 0 Å². The zero-order valence-corrected chi connectivity index (χ0v) is 41.3. The SMILES string of the molecule is Cc1cccc(C)c1-c1ccc2c3cc4c(cc3c3cccc1c32)c1ccc2c3ccc5c6cc7cc(-c8c(C(C)C)cccc8C(C)C)cc8c9ccccc9c(c78)c6c6ccc(c7ccc4c1c27)c3c56. The molecule has 0 spiro atoms. The summed E-state index contributed by atoms with van der Waals surface area (Å²) in [6.45, 7) is 13.9. The van der Waals surface area contributed by atoms with Crippen molar-refractivity contribution in [3.63, 3.8) is 0 Å². The first-order valence-electron chi connectivity index (χ1n) is 26.1. The van der Waals surface area contributed by atoms with E-state index in [2.05, 4.69) is 211 Å². The lowest BCUT2D eigenvalue weighted by molar-refractivity contribution is 0.838. The largest absolute Gasteiger partial charge is 0.0617 e. The average Bonchev–Trinajstić information content (AvgIpc) is 4.11. The highest BCUT2D eigenvalue weighted by Gasteiger charge is 2.27. The Morgan fingerprint density at radius 3 is 1.25 bits per heavy atom. The predicted octanol–water partition coefficient (Wildman–Crippen LogP) is 21.2. The summed E-state index contributed by atoms with van der Waals surface area (Å²) in [6.07, 6.45) is 0. The molecule has 0 aliphatic rings. The highest BCUT2D eigenvalue weighted by Crippen LogP contribution is 2.55. The number of fused-ring (bicyclic) bond motifs is 15. The number of benzene rings is 13. The minimum Gasteiger partial charge on any atom is -0.0617 e. The molecule has 0 N–H and O–H groups in total. The van der Waals surface area contributed by atoms with Crippen molar-refractivity contribution in [2.45, 2.75) is 53.4 Å². The molecule has 0 bridgehead atoms. The third-order valence-electron chi connectivity index (χ3n) is 18.0. The molecule has 0 aliphatic heterocycles. The van der Waals surface area contributed by atoms with Crippen molar-refractivity contribution in [3.8, 4) is 22.3 Å². The van der Waals surface area contributed by atoms with Crippen molar-refractivity contribution in [1.82, 2.24) is 0 Å². The molecule has 0 atom stereocenters. The second-order valence-corrected chi connectivity index (χ2v) is 22.2. The molecule has 0 nitrogen and oxygen atoms in total. The van der Waals surface area contributed by atoms with E-state index in [0.29, 0.717) is 11.8 Å². The van der Waals surface area contributed by atoms with Crippen LogP contribution in [-0.2, 0) is 0 Å². The van der Waals surface area contributed by atoms with E-state index in [1.54, 1.807) is 0 Å². The van der Waals surface area contributed by atoms with Crippen molar-refractivity contribution >= 4 is 151 Å². The fourth-order valence-corrected chi connectivity index (χ4v) is 15.1. The highest BCUT2D eigenvalue weighted by atomic mass is 14.3. The fraction of sp³-hybridized carbons (Fsp3) is 0.111. The summed E-state index contributed by atoms with van der Waals surface area (Å²) in [5.41, 5.74) is 10.9. The van der Waals surface area contributed by atoms with Crippen molar-refractivity contribution in [2.24, 2.45) is 0 Å². The van der Waals surface area contributed by atoms with E-state index < -0.39 is 0 Å². The number of hydrogen-bond acceptors (Lipinski definition) is 0. The summed E-state index contributed by atoms with van der Waals surface area (Å²) < 4.78 is 0. The Labute approximate surface area is 416 Å². The van der Waals surface area contributed by atoms with Crippen molar-refractivity contribution in [1.29, 1.82) is 0 Å². The maximum atomic E-state index is 2.55. The summed E-state index contributed by atoms with van der Waals surface area (Å²) in [6, 6.07) is 66.8. The van der Waals surface area contributed by atoms with E-state index in [4.69, 9.17) is 0 Å². The van der Waals surface area contributed by atoms with Gasteiger partial charge in [-0.2, -0.15) is 0 Å². The molecule has 0 heteroatoms. The standard InChI is InChI=1S/C72H48/c1-35(2)41-16-10-17-42(36(3)4)64(41)39-30-40-32-62-55-27-23-50-48-21-25-53-59-33-57-46-19-11-18-45-47(63-37(5)12-9-13-38(63)6)20-24-52(66(45)46)58(57)34-60(59)54-26-22-49(67(48)69(53)54)51-28-29-56(70(55)68(50)51)71(62)72-44-15-8-7-14-43(44)61(31-39)65(40)72/h7-36H,1-6H3. The summed E-state index contributed by atoms with van der Waals surface area (Å²) in [5, 5.41) is 38.2. The first-order valence-corrected chi connectivity index (χ1v) is 26.1. The summed E-state index contributed by atoms with van der Waals surface area (Å²) in [7, 11) is 0. The summed E-state index contributed by atoms with van der Waals surface area (Å²) in [4.78, 5) is 0. The van der Waals surface area contributed by atoms with Crippen LogP contribution >= 0.6 is 0 Å². The van der Waals surface area contributed by atoms with Crippen LogP contribution in [0.25, 0.3) is 173 Å². The van der Waals surface area contributed by atoms with E-state index in [1.165, 1.54) is 195 Å². The Morgan fingerprint density at radius 1 is 0.250 bits per heavy atom. The zero-order chi connectivity index (χ0) is 47.7. The van der Waals surface area contributed by atoms with Crippen LogP contribution in [0.2, 0.25) is 0 Å². The topological polar surface area (TPSA) is 0 Å². The second-order valence-electron chi connectivity index (χ2n) is 22.2. The Bertz CT molecular complexity index is 5060. The van der Waals surface area contributed by atoms with E-state index in [-0.39, 0.29) is 0 Å². The normalized spacial score (nSPS) is 13.1.